The summed E-state index contributed by atoms with van der Waals surface area (Å²) >= 11 is 0. The molecular formula is C13H17NO2. The monoisotopic (exact) mass is 219 g/mol. The zero-order valence-corrected chi connectivity index (χ0v) is 9.73. The lowest BCUT2D eigenvalue weighted by molar-refractivity contribution is 0.287. The fourth-order valence-electron chi connectivity index (χ4n) is 1.99. The quantitative estimate of drug-likeness (QED) is 0.854. The van der Waals surface area contributed by atoms with E-state index in [9.17, 15) is 0 Å². The van der Waals surface area contributed by atoms with E-state index in [-0.39, 0.29) is 6.61 Å². The number of methoxy groups -OCH3 is 1. The van der Waals surface area contributed by atoms with Crippen LogP contribution in [0.1, 0.15) is 12.1 Å². The number of fused-ring (bicyclic) bond motifs is 1. The SMILES string of the molecule is COc1ccc2cc(CCCO)n(C)c2c1. The van der Waals surface area contributed by atoms with E-state index in [4.69, 9.17) is 9.84 Å². The van der Waals surface area contributed by atoms with Gasteiger partial charge in [-0.25, -0.2) is 0 Å². The Morgan fingerprint density at radius 3 is 2.81 bits per heavy atom. The number of aromatic nitrogens is 1. The van der Waals surface area contributed by atoms with Gasteiger partial charge in [-0.05, 0) is 31.0 Å². The van der Waals surface area contributed by atoms with Gasteiger partial charge in [-0.3, -0.25) is 0 Å². The molecule has 1 aromatic heterocycles. The van der Waals surface area contributed by atoms with Crippen LogP contribution >= 0.6 is 0 Å². The minimum atomic E-state index is 0.241. The molecule has 3 heteroatoms. The van der Waals surface area contributed by atoms with Crippen LogP contribution in [-0.4, -0.2) is 23.4 Å². The van der Waals surface area contributed by atoms with Gasteiger partial charge in [0.15, 0.2) is 0 Å². The number of nitrogens with zero attached hydrogens (tertiary/aromatic N) is 1. The molecule has 16 heavy (non-hydrogen) atoms. The molecule has 0 fully saturated rings. The third-order valence-corrected chi connectivity index (χ3v) is 2.94. The Bertz CT molecular complexity index is 488. The van der Waals surface area contributed by atoms with Gasteiger partial charge in [-0.15, -0.1) is 0 Å². The number of ether oxygens (including phenoxy) is 1. The normalized spacial score (nSPS) is 10.9. The summed E-state index contributed by atoms with van der Waals surface area (Å²) in [4.78, 5) is 0. The van der Waals surface area contributed by atoms with Crippen molar-refractivity contribution >= 4 is 10.9 Å². The van der Waals surface area contributed by atoms with Gasteiger partial charge in [0.25, 0.3) is 0 Å². The summed E-state index contributed by atoms with van der Waals surface area (Å²) in [5, 5.41) is 10.1. The number of benzene rings is 1. The molecule has 86 valence electrons. The Labute approximate surface area is 95.3 Å². The fraction of sp³-hybridized carbons (Fsp3) is 0.385. The van der Waals surface area contributed by atoms with Crippen LogP contribution in [0.5, 0.6) is 5.75 Å². The van der Waals surface area contributed by atoms with Gasteiger partial charge in [0.2, 0.25) is 0 Å². The van der Waals surface area contributed by atoms with E-state index < -0.39 is 0 Å². The molecule has 0 aliphatic carbocycles. The van der Waals surface area contributed by atoms with Crippen LogP contribution in [0.4, 0.5) is 0 Å². The molecule has 0 radical (unpaired) electrons. The maximum absolute atomic E-state index is 8.85. The van der Waals surface area contributed by atoms with Crippen LogP contribution in [-0.2, 0) is 13.5 Å². The van der Waals surface area contributed by atoms with Crippen molar-refractivity contribution in [1.82, 2.24) is 4.57 Å². The Morgan fingerprint density at radius 1 is 1.31 bits per heavy atom. The van der Waals surface area contributed by atoms with Crippen LogP contribution in [0.2, 0.25) is 0 Å². The summed E-state index contributed by atoms with van der Waals surface area (Å²) in [6, 6.07) is 8.25. The van der Waals surface area contributed by atoms with Gasteiger partial charge in [0, 0.05) is 30.8 Å². The summed E-state index contributed by atoms with van der Waals surface area (Å²) < 4.78 is 7.37. The zero-order valence-electron chi connectivity index (χ0n) is 9.73. The highest BCUT2D eigenvalue weighted by Gasteiger charge is 2.06. The Balaban J connectivity index is 2.42. The zero-order chi connectivity index (χ0) is 11.5. The fourth-order valence-corrected chi connectivity index (χ4v) is 1.99. The van der Waals surface area contributed by atoms with E-state index in [1.165, 1.54) is 16.6 Å². The predicted octanol–water partition coefficient (Wildman–Crippen LogP) is 2.11. The van der Waals surface area contributed by atoms with Crippen molar-refractivity contribution in [3.8, 4) is 5.75 Å². The summed E-state index contributed by atoms with van der Waals surface area (Å²) in [7, 11) is 3.73. The third kappa shape index (κ3) is 1.91. The highest BCUT2D eigenvalue weighted by atomic mass is 16.5. The summed E-state index contributed by atoms with van der Waals surface area (Å²) in [5.41, 5.74) is 2.42. The second kappa shape index (κ2) is 4.58. The van der Waals surface area contributed by atoms with Crippen LogP contribution in [0.15, 0.2) is 24.3 Å². The smallest absolute Gasteiger partial charge is 0.120 e. The molecule has 3 nitrogen and oxygen atoms in total. The first kappa shape index (κ1) is 11.0. The molecular weight excluding hydrogens is 202 g/mol. The molecule has 0 bridgehead atoms. The average Bonchev–Trinajstić information content (AvgIpc) is 2.63. The van der Waals surface area contributed by atoms with E-state index in [0.29, 0.717) is 0 Å². The van der Waals surface area contributed by atoms with Gasteiger partial charge in [0.1, 0.15) is 5.75 Å². The van der Waals surface area contributed by atoms with E-state index in [1.54, 1.807) is 7.11 Å². The maximum Gasteiger partial charge on any atom is 0.120 e. The maximum atomic E-state index is 8.85. The van der Waals surface area contributed by atoms with Gasteiger partial charge in [-0.2, -0.15) is 0 Å². The Hall–Kier alpha value is -1.48. The lowest BCUT2D eigenvalue weighted by Crippen LogP contribution is -1.97. The second-order valence-corrected chi connectivity index (χ2v) is 3.95. The summed E-state index contributed by atoms with van der Waals surface area (Å²) in [6.45, 7) is 0.241. The molecule has 0 amide bonds. The lowest BCUT2D eigenvalue weighted by Gasteiger charge is -2.04. The summed E-state index contributed by atoms with van der Waals surface area (Å²) in [6.07, 6.45) is 1.71. The standard InChI is InChI=1S/C13H17NO2/c1-14-11(4-3-7-15)8-10-5-6-12(16-2)9-13(10)14/h5-6,8-9,15H,3-4,7H2,1-2H3. The lowest BCUT2D eigenvalue weighted by atomic mass is 10.2. The van der Waals surface area contributed by atoms with Crippen molar-refractivity contribution in [3.63, 3.8) is 0 Å². The number of aliphatic hydroxyl groups excluding tert-OH is 1. The van der Waals surface area contributed by atoms with Crippen molar-refractivity contribution in [3.05, 3.63) is 30.0 Å². The minimum Gasteiger partial charge on any atom is -0.497 e. The van der Waals surface area contributed by atoms with Crippen molar-refractivity contribution in [2.45, 2.75) is 12.8 Å². The predicted molar refractivity (Wildman–Crippen MR) is 64.9 cm³/mol. The van der Waals surface area contributed by atoms with E-state index in [2.05, 4.69) is 23.7 Å². The Morgan fingerprint density at radius 2 is 2.12 bits per heavy atom. The van der Waals surface area contributed by atoms with E-state index in [0.717, 1.165) is 18.6 Å². The second-order valence-electron chi connectivity index (χ2n) is 3.95. The van der Waals surface area contributed by atoms with Gasteiger partial charge in [0.05, 0.1) is 12.6 Å². The molecule has 2 rings (SSSR count). The molecule has 0 aliphatic heterocycles. The van der Waals surface area contributed by atoms with Crippen LogP contribution in [0.3, 0.4) is 0 Å². The molecule has 1 N–H and O–H groups in total. The molecule has 0 saturated carbocycles. The van der Waals surface area contributed by atoms with E-state index in [1.807, 2.05) is 12.1 Å². The minimum absolute atomic E-state index is 0.241. The topological polar surface area (TPSA) is 34.4 Å². The number of aryl methyl sites for hydroxylation is 2. The average molecular weight is 219 g/mol. The van der Waals surface area contributed by atoms with Crippen molar-refractivity contribution in [2.24, 2.45) is 7.05 Å². The first-order valence-electron chi connectivity index (χ1n) is 5.49. The van der Waals surface area contributed by atoms with Crippen molar-refractivity contribution < 1.29 is 9.84 Å². The molecule has 0 saturated heterocycles. The molecule has 1 aromatic carbocycles. The molecule has 0 aliphatic rings. The number of hydrogen-bond donors (Lipinski definition) is 1. The number of aliphatic hydroxyl groups is 1. The van der Waals surface area contributed by atoms with Crippen molar-refractivity contribution in [1.29, 1.82) is 0 Å². The van der Waals surface area contributed by atoms with Crippen molar-refractivity contribution in [2.75, 3.05) is 13.7 Å². The first-order valence-corrected chi connectivity index (χ1v) is 5.49. The molecule has 2 aromatic rings. The Kier molecular flexibility index (Phi) is 3.15. The molecule has 0 atom stereocenters. The first-order chi connectivity index (χ1) is 7.76. The number of rotatable bonds is 4. The van der Waals surface area contributed by atoms with E-state index >= 15 is 0 Å². The number of hydrogen-bond acceptors (Lipinski definition) is 2. The van der Waals surface area contributed by atoms with Gasteiger partial charge in [-0.1, -0.05) is 0 Å². The highest BCUT2D eigenvalue weighted by Crippen LogP contribution is 2.24. The molecule has 0 spiro atoms. The van der Waals surface area contributed by atoms with Gasteiger partial charge >= 0.3 is 0 Å². The molecule has 1 heterocycles. The van der Waals surface area contributed by atoms with Crippen LogP contribution in [0, 0.1) is 0 Å². The van der Waals surface area contributed by atoms with Crippen LogP contribution < -0.4 is 4.74 Å². The highest BCUT2D eigenvalue weighted by molar-refractivity contribution is 5.82. The van der Waals surface area contributed by atoms with Gasteiger partial charge < -0.3 is 14.4 Å². The largest absolute Gasteiger partial charge is 0.497 e. The third-order valence-electron chi connectivity index (χ3n) is 2.94. The van der Waals surface area contributed by atoms with Crippen LogP contribution in [0.25, 0.3) is 10.9 Å². The molecule has 0 unspecified atom stereocenters. The summed E-state index contributed by atoms with van der Waals surface area (Å²) in [5.74, 6) is 0.877.